The standard InChI is InChI=1S/C6H15N3/c1-3-9(2)6-4(7)5(6)8/h4-6H,3,7-8H2,1-2H3. The summed E-state index contributed by atoms with van der Waals surface area (Å²) < 4.78 is 0. The molecule has 2 unspecified atom stereocenters. The third-order valence-corrected chi connectivity index (χ3v) is 2.10. The Hall–Kier alpha value is -0.120. The van der Waals surface area contributed by atoms with Crippen LogP contribution in [-0.4, -0.2) is 36.6 Å². The predicted molar refractivity (Wildman–Crippen MR) is 38.0 cm³/mol. The Balaban J connectivity index is 2.31. The molecule has 4 N–H and O–H groups in total. The van der Waals surface area contributed by atoms with Gasteiger partial charge >= 0.3 is 0 Å². The maximum atomic E-state index is 5.62. The molecule has 9 heavy (non-hydrogen) atoms. The fourth-order valence-electron chi connectivity index (χ4n) is 1.14. The Bertz CT molecular complexity index is 96.5. The van der Waals surface area contributed by atoms with Crippen LogP contribution in [-0.2, 0) is 0 Å². The minimum atomic E-state index is 0.218. The van der Waals surface area contributed by atoms with Crippen LogP contribution in [0.3, 0.4) is 0 Å². The van der Waals surface area contributed by atoms with E-state index in [1.807, 2.05) is 0 Å². The number of nitrogens with zero attached hydrogens (tertiary/aromatic N) is 1. The first-order valence-electron chi connectivity index (χ1n) is 3.40. The van der Waals surface area contributed by atoms with Gasteiger partial charge in [0, 0.05) is 18.1 Å². The molecule has 0 spiro atoms. The Labute approximate surface area is 56.0 Å². The molecular weight excluding hydrogens is 114 g/mol. The average molecular weight is 129 g/mol. The second kappa shape index (κ2) is 2.25. The Morgan fingerprint density at radius 1 is 1.33 bits per heavy atom. The van der Waals surface area contributed by atoms with E-state index < -0.39 is 0 Å². The molecule has 2 atom stereocenters. The Kier molecular flexibility index (Phi) is 1.75. The molecule has 1 rings (SSSR count). The van der Waals surface area contributed by atoms with Crippen molar-refractivity contribution in [2.75, 3.05) is 13.6 Å². The summed E-state index contributed by atoms with van der Waals surface area (Å²) >= 11 is 0. The van der Waals surface area contributed by atoms with E-state index in [4.69, 9.17) is 11.5 Å². The third kappa shape index (κ3) is 1.08. The van der Waals surface area contributed by atoms with Gasteiger partial charge in [-0.05, 0) is 13.6 Å². The average Bonchev–Trinajstić information content (AvgIpc) is 2.40. The molecule has 1 aliphatic rings. The van der Waals surface area contributed by atoms with Gasteiger partial charge in [0.2, 0.25) is 0 Å². The number of rotatable bonds is 2. The van der Waals surface area contributed by atoms with Gasteiger partial charge in [-0.25, -0.2) is 0 Å². The van der Waals surface area contributed by atoms with Gasteiger partial charge in [0.25, 0.3) is 0 Å². The first kappa shape index (κ1) is 6.99. The van der Waals surface area contributed by atoms with Gasteiger partial charge in [-0.1, -0.05) is 6.92 Å². The minimum absolute atomic E-state index is 0.218. The van der Waals surface area contributed by atoms with E-state index >= 15 is 0 Å². The van der Waals surface area contributed by atoms with Crippen molar-refractivity contribution < 1.29 is 0 Å². The molecule has 1 aliphatic carbocycles. The maximum Gasteiger partial charge on any atom is 0.0426 e. The monoisotopic (exact) mass is 129 g/mol. The van der Waals surface area contributed by atoms with Crippen molar-refractivity contribution in [3.8, 4) is 0 Å². The van der Waals surface area contributed by atoms with Crippen molar-refractivity contribution >= 4 is 0 Å². The summed E-state index contributed by atoms with van der Waals surface area (Å²) in [5.74, 6) is 0. The van der Waals surface area contributed by atoms with E-state index in [1.54, 1.807) is 0 Å². The lowest BCUT2D eigenvalue weighted by molar-refractivity contribution is 0.332. The highest BCUT2D eigenvalue weighted by molar-refractivity contribution is 5.11. The van der Waals surface area contributed by atoms with Crippen LogP contribution >= 0.6 is 0 Å². The molecule has 0 aromatic carbocycles. The SMILES string of the molecule is CCN(C)C1C(N)C1N. The molecular formula is C6H15N3. The normalized spacial score (nSPS) is 41.7. The zero-order chi connectivity index (χ0) is 7.02. The maximum absolute atomic E-state index is 5.62. The summed E-state index contributed by atoms with van der Waals surface area (Å²) in [5, 5.41) is 0. The van der Waals surface area contributed by atoms with Gasteiger partial charge in [-0.15, -0.1) is 0 Å². The van der Waals surface area contributed by atoms with E-state index in [0.717, 1.165) is 6.54 Å². The van der Waals surface area contributed by atoms with Crippen molar-refractivity contribution in [3.63, 3.8) is 0 Å². The number of hydrogen-bond donors (Lipinski definition) is 2. The molecule has 0 bridgehead atoms. The van der Waals surface area contributed by atoms with Crippen molar-refractivity contribution in [1.29, 1.82) is 0 Å². The molecule has 0 aliphatic heterocycles. The molecule has 0 radical (unpaired) electrons. The van der Waals surface area contributed by atoms with Gasteiger partial charge in [0.1, 0.15) is 0 Å². The van der Waals surface area contributed by atoms with Crippen LogP contribution in [0.2, 0.25) is 0 Å². The predicted octanol–water partition coefficient (Wildman–Crippen LogP) is -1.03. The summed E-state index contributed by atoms with van der Waals surface area (Å²) in [6.07, 6.45) is 0. The van der Waals surface area contributed by atoms with Crippen molar-refractivity contribution in [1.82, 2.24) is 4.90 Å². The summed E-state index contributed by atoms with van der Waals surface area (Å²) in [4.78, 5) is 2.19. The highest BCUT2D eigenvalue weighted by Crippen LogP contribution is 2.22. The lowest BCUT2D eigenvalue weighted by Crippen LogP contribution is -2.26. The van der Waals surface area contributed by atoms with E-state index in [1.165, 1.54) is 0 Å². The second-order valence-electron chi connectivity index (χ2n) is 2.72. The number of likely N-dealkylation sites (N-methyl/N-ethyl adjacent to an activating group) is 1. The van der Waals surface area contributed by atoms with E-state index in [-0.39, 0.29) is 12.1 Å². The topological polar surface area (TPSA) is 55.3 Å². The molecule has 0 heterocycles. The van der Waals surface area contributed by atoms with Gasteiger partial charge in [-0.3, -0.25) is 0 Å². The largest absolute Gasteiger partial charge is 0.325 e. The highest BCUT2D eigenvalue weighted by atomic mass is 15.2. The Morgan fingerprint density at radius 3 is 1.89 bits per heavy atom. The summed E-state index contributed by atoms with van der Waals surface area (Å²) in [6, 6.07) is 0.875. The zero-order valence-electron chi connectivity index (χ0n) is 6.04. The van der Waals surface area contributed by atoms with Gasteiger partial charge in [-0.2, -0.15) is 0 Å². The van der Waals surface area contributed by atoms with Gasteiger partial charge in [0.15, 0.2) is 0 Å². The lowest BCUT2D eigenvalue weighted by atomic mass is 10.5. The van der Waals surface area contributed by atoms with Crippen LogP contribution in [0.15, 0.2) is 0 Å². The smallest absolute Gasteiger partial charge is 0.0426 e. The molecule has 0 saturated heterocycles. The quantitative estimate of drug-likeness (QED) is 0.501. The first-order chi connectivity index (χ1) is 4.18. The van der Waals surface area contributed by atoms with E-state index in [0.29, 0.717) is 6.04 Å². The summed E-state index contributed by atoms with van der Waals surface area (Å²) in [7, 11) is 2.05. The third-order valence-electron chi connectivity index (χ3n) is 2.10. The fourth-order valence-corrected chi connectivity index (χ4v) is 1.14. The van der Waals surface area contributed by atoms with Crippen molar-refractivity contribution in [3.05, 3.63) is 0 Å². The lowest BCUT2D eigenvalue weighted by Gasteiger charge is -2.11. The molecule has 0 aromatic rings. The molecule has 3 heteroatoms. The van der Waals surface area contributed by atoms with Crippen LogP contribution in [0.25, 0.3) is 0 Å². The van der Waals surface area contributed by atoms with E-state index in [2.05, 4.69) is 18.9 Å². The number of hydrogen-bond acceptors (Lipinski definition) is 3. The first-order valence-corrected chi connectivity index (χ1v) is 3.40. The zero-order valence-corrected chi connectivity index (χ0v) is 6.04. The summed E-state index contributed by atoms with van der Waals surface area (Å²) in [6.45, 7) is 3.14. The van der Waals surface area contributed by atoms with Crippen molar-refractivity contribution in [2.24, 2.45) is 11.5 Å². The van der Waals surface area contributed by atoms with Crippen LogP contribution < -0.4 is 11.5 Å². The molecule has 0 aromatic heterocycles. The molecule has 1 saturated carbocycles. The van der Waals surface area contributed by atoms with Gasteiger partial charge < -0.3 is 16.4 Å². The minimum Gasteiger partial charge on any atom is -0.325 e. The summed E-state index contributed by atoms with van der Waals surface area (Å²) in [5.41, 5.74) is 11.2. The highest BCUT2D eigenvalue weighted by Gasteiger charge is 2.46. The second-order valence-corrected chi connectivity index (χ2v) is 2.72. The van der Waals surface area contributed by atoms with E-state index in [9.17, 15) is 0 Å². The molecule has 54 valence electrons. The van der Waals surface area contributed by atoms with Crippen molar-refractivity contribution in [2.45, 2.75) is 25.0 Å². The van der Waals surface area contributed by atoms with Crippen LogP contribution in [0.4, 0.5) is 0 Å². The fraction of sp³-hybridized carbons (Fsp3) is 1.00. The number of nitrogens with two attached hydrogens (primary N) is 2. The van der Waals surface area contributed by atoms with Crippen LogP contribution in [0, 0.1) is 0 Å². The molecule has 0 amide bonds. The van der Waals surface area contributed by atoms with Crippen LogP contribution in [0.1, 0.15) is 6.92 Å². The molecule has 1 fully saturated rings. The molecule has 3 nitrogen and oxygen atoms in total. The van der Waals surface area contributed by atoms with Gasteiger partial charge in [0.05, 0.1) is 0 Å². The van der Waals surface area contributed by atoms with Crippen LogP contribution in [0.5, 0.6) is 0 Å². The Morgan fingerprint density at radius 2 is 1.78 bits per heavy atom.